The zero-order valence-corrected chi connectivity index (χ0v) is 26.6. The summed E-state index contributed by atoms with van der Waals surface area (Å²) in [6, 6.07) is 30.3. The highest BCUT2D eigenvalue weighted by Crippen LogP contribution is 2.65. The summed E-state index contributed by atoms with van der Waals surface area (Å²) in [5.41, 5.74) is 13.1. The van der Waals surface area contributed by atoms with Crippen molar-refractivity contribution in [3.8, 4) is 11.5 Å². The highest BCUT2D eigenvalue weighted by atomic mass is 16.5. The first-order valence-corrected chi connectivity index (χ1v) is 17.2. The van der Waals surface area contributed by atoms with E-state index in [9.17, 15) is 0 Å². The SMILES string of the molecule is CC1(C)CCC(C)(C)c2cc3c(cc21)Oc1cc(C24CC5CC(C2)C(C5)C4)cc2c1B3c1ccccc1N2c1ccccc1. The number of hydrogen-bond acceptors (Lipinski definition) is 2. The van der Waals surface area contributed by atoms with Crippen LogP contribution in [-0.2, 0) is 16.2 Å². The van der Waals surface area contributed by atoms with Crippen molar-refractivity contribution in [1.82, 2.24) is 0 Å². The van der Waals surface area contributed by atoms with Gasteiger partial charge in [-0.05, 0) is 148 Å². The average molecular weight is 576 g/mol. The normalized spacial score (nSPS) is 29.0. The third-order valence-corrected chi connectivity index (χ3v) is 13.2. The lowest BCUT2D eigenvalue weighted by Crippen LogP contribution is -2.60. The molecule has 11 rings (SSSR count). The molecule has 2 atom stereocenters. The summed E-state index contributed by atoms with van der Waals surface area (Å²) in [6.45, 7) is 9.90. The van der Waals surface area contributed by atoms with Crippen molar-refractivity contribution in [2.45, 2.75) is 88.9 Å². The molecule has 2 nitrogen and oxygen atoms in total. The van der Waals surface area contributed by atoms with Gasteiger partial charge >= 0.3 is 0 Å². The Kier molecular flexibility index (Phi) is 4.94. The summed E-state index contributed by atoms with van der Waals surface area (Å²) in [5.74, 6) is 4.94. The Hall–Kier alpha value is -3.46. The van der Waals surface area contributed by atoms with Crippen LogP contribution >= 0.6 is 0 Å². The Labute approximate surface area is 262 Å². The predicted molar refractivity (Wildman–Crippen MR) is 183 cm³/mol. The zero-order valence-electron chi connectivity index (χ0n) is 26.6. The van der Waals surface area contributed by atoms with Crippen LogP contribution in [0.1, 0.15) is 89.3 Å². The molecule has 4 fully saturated rings. The van der Waals surface area contributed by atoms with E-state index in [-0.39, 0.29) is 17.5 Å². The van der Waals surface area contributed by atoms with Gasteiger partial charge in [-0.2, -0.15) is 0 Å². The van der Waals surface area contributed by atoms with Crippen molar-refractivity contribution < 1.29 is 4.74 Å². The summed E-state index contributed by atoms with van der Waals surface area (Å²) in [7, 11) is 0. The highest BCUT2D eigenvalue weighted by Gasteiger charge is 2.57. The molecule has 4 aromatic carbocycles. The Balaban J connectivity index is 1.25. The minimum Gasteiger partial charge on any atom is -0.458 e. The number of benzene rings is 4. The number of hydrogen-bond donors (Lipinski definition) is 0. The van der Waals surface area contributed by atoms with Gasteiger partial charge in [0.1, 0.15) is 11.5 Å². The monoisotopic (exact) mass is 575 g/mol. The quantitative estimate of drug-likeness (QED) is 0.192. The highest BCUT2D eigenvalue weighted by molar-refractivity contribution is 6.99. The van der Waals surface area contributed by atoms with Gasteiger partial charge in [0.05, 0.1) is 0 Å². The molecule has 4 saturated carbocycles. The molecule has 0 N–H and O–H groups in total. The molecular formula is C41H42BNO. The van der Waals surface area contributed by atoms with E-state index in [2.05, 4.69) is 111 Å². The van der Waals surface area contributed by atoms with E-state index in [0.717, 1.165) is 29.3 Å². The van der Waals surface area contributed by atoms with Crippen LogP contribution in [0.5, 0.6) is 11.5 Å². The molecule has 4 bridgehead atoms. The van der Waals surface area contributed by atoms with E-state index >= 15 is 0 Å². The van der Waals surface area contributed by atoms with Crippen LogP contribution in [0.15, 0.2) is 78.9 Å². The molecule has 2 aliphatic heterocycles. The summed E-state index contributed by atoms with van der Waals surface area (Å²) < 4.78 is 7.20. The van der Waals surface area contributed by atoms with Gasteiger partial charge in [0.25, 0.3) is 6.71 Å². The molecule has 5 aliphatic carbocycles. The van der Waals surface area contributed by atoms with E-state index in [0.29, 0.717) is 5.41 Å². The van der Waals surface area contributed by atoms with Crippen LogP contribution in [0.25, 0.3) is 0 Å². The van der Waals surface area contributed by atoms with Gasteiger partial charge in [-0.3, -0.25) is 0 Å². The van der Waals surface area contributed by atoms with Crippen LogP contribution in [0.4, 0.5) is 17.1 Å². The van der Waals surface area contributed by atoms with Crippen LogP contribution in [0.2, 0.25) is 0 Å². The smallest absolute Gasteiger partial charge is 0.256 e. The third-order valence-electron chi connectivity index (χ3n) is 13.2. The fourth-order valence-corrected chi connectivity index (χ4v) is 11.1. The van der Waals surface area contributed by atoms with E-state index in [1.54, 1.807) is 0 Å². The molecule has 0 spiro atoms. The second kappa shape index (κ2) is 8.42. The first kappa shape index (κ1) is 25.8. The molecule has 0 saturated heterocycles. The lowest BCUT2D eigenvalue weighted by Gasteiger charge is -2.45. The first-order chi connectivity index (χ1) is 21.2. The molecule has 220 valence electrons. The first-order valence-electron chi connectivity index (χ1n) is 17.2. The second-order valence-electron chi connectivity index (χ2n) is 16.6. The standard InChI is InChI=1S/C41H42BNO/c1-39(2)14-15-40(3,4)31-21-36-33(20-30(31)39)42-32-12-8-9-13-34(32)43(29-10-6-5-7-11-29)35-18-28(19-37(44-36)38(35)42)41-22-25-16-26(23-41)27(17-25)24-41/h5-13,18-21,25-27H,14-17,22-24H2,1-4H3. The molecule has 0 aromatic heterocycles. The maximum absolute atomic E-state index is 7.20. The summed E-state index contributed by atoms with van der Waals surface area (Å²) in [4.78, 5) is 2.54. The Morgan fingerprint density at radius 2 is 1.36 bits per heavy atom. The topological polar surface area (TPSA) is 12.5 Å². The molecule has 44 heavy (non-hydrogen) atoms. The molecular weight excluding hydrogens is 533 g/mol. The van der Waals surface area contributed by atoms with Crippen molar-refractivity contribution in [3.63, 3.8) is 0 Å². The Bertz CT molecular complexity index is 1850. The number of rotatable bonds is 2. The van der Waals surface area contributed by atoms with E-state index in [1.807, 2.05) is 0 Å². The van der Waals surface area contributed by atoms with Gasteiger partial charge in [-0.15, -0.1) is 0 Å². The molecule has 0 radical (unpaired) electrons. The Morgan fingerprint density at radius 1 is 0.682 bits per heavy atom. The van der Waals surface area contributed by atoms with Crippen molar-refractivity contribution in [2.24, 2.45) is 17.8 Å². The number of nitrogens with zero attached hydrogens (tertiary/aromatic N) is 1. The molecule has 3 heteroatoms. The minimum atomic E-state index is 0.145. The van der Waals surface area contributed by atoms with Gasteiger partial charge < -0.3 is 9.64 Å². The van der Waals surface area contributed by atoms with Gasteiger partial charge in [-0.1, -0.05) is 70.2 Å². The average Bonchev–Trinajstić information content (AvgIpc) is 3.45. The lowest BCUT2D eigenvalue weighted by atomic mass is 9.33. The summed E-state index contributed by atoms with van der Waals surface area (Å²) in [5, 5.41) is 0. The van der Waals surface area contributed by atoms with Crippen molar-refractivity contribution >= 4 is 40.2 Å². The summed E-state index contributed by atoms with van der Waals surface area (Å²) in [6.07, 6.45) is 9.45. The van der Waals surface area contributed by atoms with Gasteiger partial charge in [0.15, 0.2) is 0 Å². The Morgan fingerprint density at radius 3 is 2.09 bits per heavy atom. The van der Waals surface area contributed by atoms with Gasteiger partial charge in [-0.25, -0.2) is 0 Å². The number of fused-ring (bicyclic) bond motifs is 5. The molecule has 4 aromatic rings. The lowest BCUT2D eigenvalue weighted by molar-refractivity contribution is 0.229. The van der Waals surface area contributed by atoms with E-state index in [1.165, 1.54) is 95.1 Å². The fraction of sp³-hybridized carbons (Fsp3) is 0.415. The number of anilines is 3. The van der Waals surface area contributed by atoms with Crippen molar-refractivity contribution in [2.75, 3.05) is 4.90 Å². The van der Waals surface area contributed by atoms with Crippen LogP contribution in [0.3, 0.4) is 0 Å². The van der Waals surface area contributed by atoms with E-state index < -0.39 is 0 Å². The maximum Gasteiger partial charge on any atom is 0.256 e. The van der Waals surface area contributed by atoms with Crippen LogP contribution < -0.4 is 26.0 Å². The number of para-hydroxylation sites is 2. The largest absolute Gasteiger partial charge is 0.458 e. The van der Waals surface area contributed by atoms with E-state index in [4.69, 9.17) is 4.74 Å². The molecule has 7 aliphatic rings. The molecule has 2 unspecified atom stereocenters. The van der Waals surface area contributed by atoms with Crippen LogP contribution in [0, 0.1) is 17.8 Å². The van der Waals surface area contributed by atoms with Gasteiger partial charge in [0, 0.05) is 17.1 Å². The second-order valence-corrected chi connectivity index (χ2v) is 16.6. The fourth-order valence-electron chi connectivity index (χ4n) is 11.1. The maximum atomic E-state index is 7.20. The predicted octanol–water partition coefficient (Wildman–Crippen LogP) is 8.52. The summed E-state index contributed by atoms with van der Waals surface area (Å²) >= 11 is 0. The number of ether oxygens (including phenoxy) is 1. The van der Waals surface area contributed by atoms with Crippen molar-refractivity contribution in [1.29, 1.82) is 0 Å². The minimum absolute atomic E-state index is 0.145. The van der Waals surface area contributed by atoms with Gasteiger partial charge in [0.2, 0.25) is 0 Å². The van der Waals surface area contributed by atoms with Crippen molar-refractivity contribution in [3.05, 3.63) is 95.6 Å². The van der Waals surface area contributed by atoms with Crippen LogP contribution in [-0.4, -0.2) is 6.71 Å². The zero-order chi connectivity index (χ0) is 29.6. The molecule has 0 amide bonds. The third kappa shape index (κ3) is 3.34. The molecule has 2 heterocycles.